The number of rotatable bonds is 10. The number of amides is 6. The highest BCUT2D eigenvalue weighted by atomic mass is 19.4. The summed E-state index contributed by atoms with van der Waals surface area (Å²) in [6.45, 7) is 0. The van der Waals surface area contributed by atoms with Crippen LogP contribution in [0.25, 0.3) is 0 Å². The molecule has 4 atom stereocenters. The molecule has 0 spiro atoms. The van der Waals surface area contributed by atoms with Crippen LogP contribution in [0.4, 0.5) is 18.9 Å². The molecule has 3 aliphatic rings. The van der Waals surface area contributed by atoms with Crippen LogP contribution < -0.4 is 31.9 Å². The summed E-state index contributed by atoms with van der Waals surface area (Å²) in [4.78, 5) is 95.0. The summed E-state index contributed by atoms with van der Waals surface area (Å²) >= 11 is 0. The third-order valence-electron chi connectivity index (χ3n) is 10.9. The average molecular weight is 869 g/mol. The maximum absolute atomic E-state index is 14.4. The molecule has 4 unspecified atom stereocenters. The van der Waals surface area contributed by atoms with Crippen molar-refractivity contribution in [2.75, 3.05) is 5.32 Å². The van der Waals surface area contributed by atoms with Crippen molar-refractivity contribution < 1.29 is 51.8 Å². The Balaban J connectivity index is 1.36. The van der Waals surface area contributed by atoms with Crippen LogP contribution >= 0.6 is 0 Å². The number of anilines is 1. The standard InChI is InChI=1S/C46H47F3N6O8/c47-46(48,49)32-16-11-30(12-17-32)26-36-41(59)53-35(25-29-9-5-2-6-10-29)42(60)54-37(43(61)55-45(23-24-45)44(62)63)27-31-13-18-33(19-14-31)50-38(56)21-22-39(57)51-34(40(58)52-36)20-15-28-7-3-1-4-8-28/h1-14,16-19,34-37H,15,20-27H2,(H,50,56)(H,51,57)(H,52,58)(H,53,59)(H,54,60)(H,55,61)(H,62,63). The van der Waals surface area contributed by atoms with Gasteiger partial charge in [-0.2, -0.15) is 13.2 Å². The maximum atomic E-state index is 14.4. The Labute approximate surface area is 360 Å². The largest absolute Gasteiger partial charge is 0.480 e. The molecular weight excluding hydrogens is 822 g/mol. The van der Waals surface area contributed by atoms with Crippen molar-refractivity contribution in [3.63, 3.8) is 0 Å². The lowest BCUT2D eigenvalue weighted by Crippen LogP contribution is -2.60. The van der Waals surface area contributed by atoms with Gasteiger partial charge in [-0.3, -0.25) is 28.8 Å². The third kappa shape index (κ3) is 13.0. The summed E-state index contributed by atoms with van der Waals surface area (Å²) in [5.41, 5.74) is 0.100. The Bertz CT molecular complexity index is 2290. The van der Waals surface area contributed by atoms with Gasteiger partial charge in [0.05, 0.1) is 5.56 Å². The number of carboxylic acids is 1. The van der Waals surface area contributed by atoms with Gasteiger partial charge in [-0.05, 0) is 72.2 Å². The quantitative estimate of drug-likeness (QED) is 0.116. The molecule has 330 valence electrons. The van der Waals surface area contributed by atoms with Crippen molar-refractivity contribution in [3.05, 3.63) is 137 Å². The highest BCUT2D eigenvalue weighted by Crippen LogP contribution is 2.35. The van der Waals surface area contributed by atoms with E-state index in [2.05, 4.69) is 31.9 Å². The number of aliphatic carboxylic acids is 1. The van der Waals surface area contributed by atoms with E-state index in [0.717, 1.165) is 29.8 Å². The number of fused-ring (bicyclic) bond motifs is 18. The zero-order chi connectivity index (χ0) is 45.1. The summed E-state index contributed by atoms with van der Waals surface area (Å²) in [5, 5.41) is 25.8. The number of alkyl halides is 3. The molecule has 1 saturated carbocycles. The fourth-order valence-electron chi connectivity index (χ4n) is 7.10. The van der Waals surface area contributed by atoms with Crippen LogP contribution in [0.3, 0.4) is 0 Å². The van der Waals surface area contributed by atoms with Gasteiger partial charge < -0.3 is 37.0 Å². The minimum Gasteiger partial charge on any atom is -0.480 e. The zero-order valence-corrected chi connectivity index (χ0v) is 34.0. The number of carbonyl (C=O) groups is 7. The molecule has 7 N–H and O–H groups in total. The van der Waals surface area contributed by atoms with E-state index in [4.69, 9.17) is 0 Å². The van der Waals surface area contributed by atoms with Crippen molar-refractivity contribution in [2.24, 2.45) is 0 Å². The van der Waals surface area contributed by atoms with Gasteiger partial charge in [0.2, 0.25) is 35.4 Å². The number of carboxylic acid groups (broad SMARTS) is 1. The average Bonchev–Trinajstić information content (AvgIpc) is 4.05. The molecule has 7 rings (SSSR count). The van der Waals surface area contributed by atoms with Crippen LogP contribution in [0.2, 0.25) is 0 Å². The molecule has 6 amide bonds. The second kappa shape index (κ2) is 20.2. The van der Waals surface area contributed by atoms with Crippen LogP contribution in [0, 0.1) is 0 Å². The zero-order valence-electron chi connectivity index (χ0n) is 34.0. The van der Waals surface area contributed by atoms with Gasteiger partial charge >= 0.3 is 12.1 Å². The van der Waals surface area contributed by atoms with Gasteiger partial charge in [-0.1, -0.05) is 84.9 Å². The highest BCUT2D eigenvalue weighted by molar-refractivity contribution is 5.98. The van der Waals surface area contributed by atoms with E-state index in [1.165, 1.54) is 0 Å². The second-order valence-electron chi connectivity index (χ2n) is 15.7. The lowest BCUT2D eigenvalue weighted by molar-refractivity contribution is -0.143. The first-order chi connectivity index (χ1) is 30.1. The first kappa shape index (κ1) is 45.5. The molecule has 0 radical (unpaired) electrons. The Morgan fingerprint density at radius 1 is 0.635 bits per heavy atom. The number of aryl methyl sites for hydroxylation is 1. The molecule has 4 aromatic rings. The topological polar surface area (TPSA) is 212 Å². The number of nitrogens with one attached hydrogen (secondary N) is 6. The lowest BCUT2D eigenvalue weighted by atomic mass is 9.99. The molecule has 14 nitrogen and oxygen atoms in total. The SMILES string of the molecule is O=C1CCC(=O)NC(CCc2ccccc2)C(=O)NC(Cc2ccc(C(F)(F)F)cc2)C(=O)NC(Cc2ccccc2)C(=O)NC(C(=O)NC2(C(=O)O)CC2)Cc2ccc(cc2)N1. The maximum Gasteiger partial charge on any atom is 0.416 e. The first-order valence-corrected chi connectivity index (χ1v) is 20.5. The van der Waals surface area contributed by atoms with E-state index in [0.29, 0.717) is 23.2 Å². The molecular formula is C46H47F3N6O8. The fraction of sp³-hybridized carbons (Fsp3) is 0.326. The van der Waals surface area contributed by atoms with Crippen LogP contribution in [0.1, 0.15) is 59.9 Å². The Morgan fingerprint density at radius 2 is 1.16 bits per heavy atom. The van der Waals surface area contributed by atoms with Gasteiger partial charge in [-0.25, -0.2) is 4.79 Å². The predicted octanol–water partition coefficient (Wildman–Crippen LogP) is 3.77. The number of benzene rings is 4. The van der Waals surface area contributed by atoms with E-state index in [1.807, 2.05) is 18.2 Å². The van der Waals surface area contributed by atoms with Crippen molar-refractivity contribution in [3.8, 4) is 0 Å². The summed E-state index contributed by atoms with van der Waals surface area (Å²) < 4.78 is 40.5. The number of halogens is 3. The molecule has 0 aromatic heterocycles. The number of hydrogen-bond acceptors (Lipinski definition) is 7. The van der Waals surface area contributed by atoms with Gasteiger partial charge in [0.15, 0.2) is 0 Å². The van der Waals surface area contributed by atoms with Crippen LogP contribution in [-0.2, 0) is 65.4 Å². The summed E-state index contributed by atoms with van der Waals surface area (Å²) in [5.74, 6) is -5.74. The number of carbonyl (C=O) groups excluding carboxylic acids is 6. The van der Waals surface area contributed by atoms with E-state index < -0.39 is 82.9 Å². The van der Waals surface area contributed by atoms with E-state index >= 15 is 0 Å². The molecule has 63 heavy (non-hydrogen) atoms. The smallest absolute Gasteiger partial charge is 0.416 e. The van der Waals surface area contributed by atoms with Crippen molar-refractivity contribution >= 4 is 47.1 Å². The van der Waals surface area contributed by atoms with Crippen LogP contribution in [-0.4, -0.2) is 76.2 Å². The van der Waals surface area contributed by atoms with Crippen molar-refractivity contribution in [1.29, 1.82) is 0 Å². The monoisotopic (exact) mass is 868 g/mol. The molecule has 0 saturated heterocycles. The molecule has 2 aliphatic heterocycles. The van der Waals surface area contributed by atoms with Gasteiger partial charge in [0, 0.05) is 37.8 Å². The van der Waals surface area contributed by atoms with Crippen LogP contribution in [0.5, 0.6) is 0 Å². The highest BCUT2D eigenvalue weighted by Gasteiger charge is 2.52. The first-order valence-electron chi connectivity index (χ1n) is 20.5. The fourth-order valence-corrected chi connectivity index (χ4v) is 7.10. The summed E-state index contributed by atoms with van der Waals surface area (Å²) in [6, 6.07) is 22.4. The van der Waals surface area contributed by atoms with Gasteiger partial charge in [0.1, 0.15) is 29.7 Å². The molecule has 17 heteroatoms. The minimum atomic E-state index is -4.64. The van der Waals surface area contributed by atoms with Crippen LogP contribution in [0.15, 0.2) is 109 Å². The van der Waals surface area contributed by atoms with E-state index in [-0.39, 0.29) is 56.9 Å². The van der Waals surface area contributed by atoms with E-state index in [1.54, 1.807) is 66.7 Å². The Morgan fingerprint density at radius 3 is 1.71 bits per heavy atom. The molecule has 4 aromatic carbocycles. The Hall–Kier alpha value is -7.04. The normalized spacial score (nSPS) is 21.0. The van der Waals surface area contributed by atoms with Gasteiger partial charge in [0.25, 0.3) is 0 Å². The summed E-state index contributed by atoms with van der Waals surface area (Å²) in [6.07, 6.45) is -5.08. The lowest BCUT2D eigenvalue weighted by Gasteiger charge is -2.27. The predicted molar refractivity (Wildman–Crippen MR) is 224 cm³/mol. The molecule has 2 heterocycles. The third-order valence-corrected chi connectivity index (χ3v) is 10.9. The van der Waals surface area contributed by atoms with Crippen molar-refractivity contribution in [1.82, 2.24) is 26.6 Å². The van der Waals surface area contributed by atoms with E-state index in [9.17, 15) is 51.8 Å². The molecule has 1 fully saturated rings. The minimum absolute atomic E-state index is 0.0560. The Kier molecular flexibility index (Phi) is 14.6. The molecule has 1 aliphatic carbocycles. The van der Waals surface area contributed by atoms with Crippen molar-refractivity contribution in [2.45, 2.75) is 93.7 Å². The van der Waals surface area contributed by atoms with Gasteiger partial charge in [-0.15, -0.1) is 0 Å². The molecule has 2 bridgehead atoms. The summed E-state index contributed by atoms with van der Waals surface area (Å²) in [7, 11) is 0. The second-order valence-corrected chi connectivity index (χ2v) is 15.7. The number of hydrogen-bond donors (Lipinski definition) is 7.